The zero-order valence-corrected chi connectivity index (χ0v) is 50.1. The molecule has 0 aromatic carbocycles. The third kappa shape index (κ3) is 61.8. The molecule has 0 amide bonds. The molecule has 0 spiro atoms. The second-order valence-electron chi connectivity index (χ2n) is 22.0. The van der Waals surface area contributed by atoms with E-state index < -0.39 is 6.10 Å². The summed E-state index contributed by atoms with van der Waals surface area (Å²) in [6.07, 6.45) is 80.8. The highest BCUT2D eigenvalue weighted by atomic mass is 16.6. The van der Waals surface area contributed by atoms with Crippen molar-refractivity contribution in [1.82, 2.24) is 0 Å². The molecule has 6 nitrogen and oxygen atoms in total. The monoisotopic (exact) mass is 1050 g/mol. The van der Waals surface area contributed by atoms with Crippen LogP contribution in [0.5, 0.6) is 0 Å². The highest BCUT2D eigenvalue weighted by Gasteiger charge is 2.19. The summed E-state index contributed by atoms with van der Waals surface area (Å²) < 4.78 is 16.9. The Hall–Kier alpha value is -2.89. The highest BCUT2D eigenvalue weighted by molar-refractivity contribution is 5.71. The van der Waals surface area contributed by atoms with E-state index in [9.17, 15) is 14.4 Å². The third-order valence-corrected chi connectivity index (χ3v) is 14.5. The summed E-state index contributed by atoms with van der Waals surface area (Å²) in [7, 11) is 0. The lowest BCUT2D eigenvalue weighted by Gasteiger charge is -2.18. The van der Waals surface area contributed by atoms with Crippen LogP contribution in [0.25, 0.3) is 0 Å². The molecule has 6 heteroatoms. The summed E-state index contributed by atoms with van der Waals surface area (Å²) in [5, 5.41) is 0. The van der Waals surface area contributed by atoms with Gasteiger partial charge in [0, 0.05) is 19.3 Å². The predicted molar refractivity (Wildman–Crippen MR) is 325 cm³/mol. The van der Waals surface area contributed by atoms with Crippen molar-refractivity contribution in [2.75, 3.05) is 13.2 Å². The predicted octanol–water partition coefficient (Wildman–Crippen LogP) is 22.3. The molecule has 0 N–H and O–H groups in total. The minimum atomic E-state index is -0.787. The number of hydrogen-bond acceptors (Lipinski definition) is 6. The summed E-state index contributed by atoms with van der Waals surface area (Å²) in [5.41, 5.74) is 0. The van der Waals surface area contributed by atoms with E-state index in [1.54, 1.807) is 0 Å². The van der Waals surface area contributed by atoms with Gasteiger partial charge in [-0.2, -0.15) is 0 Å². The standard InChI is InChI=1S/C69H124O6/c1-4-7-10-13-16-19-22-25-28-30-32-33-34-35-37-38-41-44-47-50-53-56-59-62-68(71)74-65-66(64-73-67(70)61-58-55-52-49-46-43-40-27-24-21-18-15-12-9-6-3)75-69(72)63-60-57-54-51-48-45-42-39-36-31-29-26-23-20-17-14-11-8-5-2/h17-18,20-21,26-27,29,36,39-40,66H,4-16,19,22-25,28,30-35,37-38,41-65H2,1-3H3/b20-17-,21-18-,29-26-,39-36-,40-27-. The zero-order chi connectivity index (χ0) is 54.3. The van der Waals surface area contributed by atoms with Crippen LogP contribution in [0.4, 0.5) is 0 Å². The number of rotatable bonds is 60. The molecule has 0 aromatic heterocycles. The van der Waals surface area contributed by atoms with Gasteiger partial charge in [0.2, 0.25) is 0 Å². The first kappa shape index (κ1) is 72.1. The number of esters is 3. The van der Waals surface area contributed by atoms with E-state index in [4.69, 9.17) is 14.2 Å². The minimum Gasteiger partial charge on any atom is -0.462 e. The second kappa shape index (κ2) is 63.6. The van der Waals surface area contributed by atoms with Crippen LogP contribution in [0.15, 0.2) is 60.8 Å². The average molecular weight is 1050 g/mol. The average Bonchev–Trinajstić information content (AvgIpc) is 3.41. The number of carbonyl (C=O) groups excluding carboxylic acids is 3. The summed E-state index contributed by atoms with van der Waals surface area (Å²) in [6, 6.07) is 0. The van der Waals surface area contributed by atoms with Gasteiger partial charge in [-0.05, 0) is 89.9 Å². The molecule has 0 saturated carbocycles. The van der Waals surface area contributed by atoms with Gasteiger partial charge in [-0.1, -0.05) is 293 Å². The van der Waals surface area contributed by atoms with Crippen LogP contribution in [-0.4, -0.2) is 37.2 Å². The van der Waals surface area contributed by atoms with E-state index in [-0.39, 0.29) is 31.1 Å². The number of carbonyl (C=O) groups is 3. The number of ether oxygens (including phenoxy) is 3. The molecule has 1 atom stereocenters. The Bertz CT molecular complexity index is 1340. The van der Waals surface area contributed by atoms with E-state index in [0.717, 1.165) is 103 Å². The Kier molecular flexibility index (Phi) is 61.2. The number of unbranched alkanes of at least 4 members (excludes halogenated alkanes) is 39. The lowest BCUT2D eigenvalue weighted by atomic mass is 10.0. The highest BCUT2D eigenvalue weighted by Crippen LogP contribution is 2.17. The van der Waals surface area contributed by atoms with Crippen LogP contribution in [0.2, 0.25) is 0 Å². The topological polar surface area (TPSA) is 78.9 Å². The fourth-order valence-corrected chi connectivity index (χ4v) is 9.54. The molecule has 0 aliphatic carbocycles. The molecule has 0 heterocycles. The van der Waals surface area contributed by atoms with Crippen LogP contribution in [0.1, 0.15) is 342 Å². The van der Waals surface area contributed by atoms with Gasteiger partial charge in [-0.25, -0.2) is 0 Å². The second-order valence-corrected chi connectivity index (χ2v) is 22.0. The van der Waals surface area contributed by atoms with Crippen molar-refractivity contribution in [2.24, 2.45) is 0 Å². The lowest BCUT2D eigenvalue weighted by Crippen LogP contribution is -2.30. The largest absolute Gasteiger partial charge is 0.462 e. The maximum atomic E-state index is 12.9. The Labute approximate surface area is 466 Å². The van der Waals surface area contributed by atoms with E-state index in [1.165, 1.54) is 199 Å². The summed E-state index contributed by atoms with van der Waals surface area (Å²) >= 11 is 0. The Morgan fingerprint density at radius 2 is 0.480 bits per heavy atom. The fraction of sp³-hybridized carbons (Fsp3) is 0.812. The molecule has 0 rings (SSSR count). The lowest BCUT2D eigenvalue weighted by molar-refractivity contribution is -0.167. The van der Waals surface area contributed by atoms with Gasteiger partial charge in [-0.3, -0.25) is 14.4 Å². The maximum Gasteiger partial charge on any atom is 0.306 e. The van der Waals surface area contributed by atoms with Crippen molar-refractivity contribution in [3.05, 3.63) is 60.8 Å². The summed E-state index contributed by atoms with van der Waals surface area (Å²) in [6.45, 7) is 6.61. The molecule has 0 radical (unpaired) electrons. The number of allylic oxidation sites excluding steroid dienone is 10. The van der Waals surface area contributed by atoms with Gasteiger partial charge in [0.15, 0.2) is 6.10 Å². The third-order valence-electron chi connectivity index (χ3n) is 14.5. The van der Waals surface area contributed by atoms with E-state index in [2.05, 4.69) is 81.5 Å². The Balaban J connectivity index is 4.34. The van der Waals surface area contributed by atoms with Gasteiger partial charge < -0.3 is 14.2 Å². The van der Waals surface area contributed by atoms with Crippen molar-refractivity contribution in [3.8, 4) is 0 Å². The first-order valence-corrected chi connectivity index (χ1v) is 32.8. The van der Waals surface area contributed by atoms with E-state index >= 15 is 0 Å². The molecule has 0 aliphatic heterocycles. The fourth-order valence-electron chi connectivity index (χ4n) is 9.54. The maximum absolute atomic E-state index is 12.9. The molecule has 0 saturated heterocycles. The quantitative estimate of drug-likeness (QED) is 0.0261. The van der Waals surface area contributed by atoms with Crippen LogP contribution < -0.4 is 0 Å². The molecule has 0 aromatic rings. The Morgan fingerprint density at radius 1 is 0.267 bits per heavy atom. The van der Waals surface area contributed by atoms with Gasteiger partial charge in [0.1, 0.15) is 13.2 Å². The molecule has 1 unspecified atom stereocenters. The number of hydrogen-bond donors (Lipinski definition) is 0. The molecule has 0 fully saturated rings. The molecular formula is C69H124O6. The van der Waals surface area contributed by atoms with Crippen molar-refractivity contribution in [3.63, 3.8) is 0 Å². The normalized spacial score (nSPS) is 12.4. The minimum absolute atomic E-state index is 0.0812. The van der Waals surface area contributed by atoms with E-state index in [1.807, 2.05) is 0 Å². The van der Waals surface area contributed by atoms with Crippen LogP contribution in [0.3, 0.4) is 0 Å². The molecule has 0 aliphatic rings. The molecule has 75 heavy (non-hydrogen) atoms. The van der Waals surface area contributed by atoms with Crippen LogP contribution in [0, 0.1) is 0 Å². The zero-order valence-electron chi connectivity index (χ0n) is 50.1. The van der Waals surface area contributed by atoms with Gasteiger partial charge in [0.25, 0.3) is 0 Å². The van der Waals surface area contributed by atoms with Crippen LogP contribution >= 0.6 is 0 Å². The molecular weight excluding hydrogens is 925 g/mol. The van der Waals surface area contributed by atoms with Gasteiger partial charge in [-0.15, -0.1) is 0 Å². The van der Waals surface area contributed by atoms with Crippen molar-refractivity contribution in [2.45, 2.75) is 348 Å². The first-order chi connectivity index (χ1) is 37.0. The van der Waals surface area contributed by atoms with Crippen molar-refractivity contribution in [1.29, 1.82) is 0 Å². The smallest absolute Gasteiger partial charge is 0.306 e. The van der Waals surface area contributed by atoms with Gasteiger partial charge in [0.05, 0.1) is 0 Å². The molecule has 0 bridgehead atoms. The van der Waals surface area contributed by atoms with Gasteiger partial charge >= 0.3 is 17.9 Å². The summed E-state index contributed by atoms with van der Waals surface area (Å²) in [5.74, 6) is -0.889. The van der Waals surface area contributed by atoms with Crippen LogP contribution in [-0.2, 0) is 28.6 Å². The SMILES string of the molecule is CCCCC/C=C\C/C=C\C/C=C\CCCCCCCCC(=O)OC(COC(=O)CCCCCCC/C=C\C/C=C\CCCCC)COC(=O)CCCCCCCCCCCCCCCCCCCCCCCCC. The summed E-state index contributed by atoms with van der Waals surface area (Å²) in [4.78, 5) is 38.3. The van der Waals surface area contributed by atoms with Crippen molar-refractivity contribution >= 4 is 17.9 Å². The van der Waals surface area contributed by atoms with Crippen molar-refractivity contribution < 1.29 is 28.6 Å². The molecule has 436 valence electrons. The Morgan fingerprint density at radius 3 is 0.773 bits per heavy atom. The first-order valence-electron chi connectivity index (χ1n) is 32.8. The van der Waals surface area contributed by atoms with E-state index in [0.29, 0.717) is 19.3 Å².